The maximum atomic E-state index is 13.8. The van der Waals surface area contributed by atoms with Gasteiger partial charge < -0.3 is 20.1 Å². The maximum Gasteiger partial charge on any atom is 0.255 e. The first kappa shape index (κ1) is 24.7. The molecule has 1 atom stereocenters. The van der Waals surface area contributed by atoms with E-state index in [-0.39, 0.29) is 17.4 Å². The molecule has 2 amide bonds. The Morgan fingerprint density at radius 1 is 1.00 bits per heavy atom. The number of pyridine rings is 1. The van der Waals surface area contributed by atoms with Crippen molar-refractivity contribution in [1.82, 2.24) is 15.2 Å². The number of para-hydroxylation sites is 1. The Hall–Kier alpha value is -3.03. The van der Waals surface area contributed by atoms with E-state index in [9.17, 15) is 14.4 Å². The van der Waals surface area contributed by atoms with Gasteiger partial charge in [0, 0.05) is 48.8 Å². The van der Waals surface area contributed by atoms with Crippen LogP contribution in [0.3, 0.4) is 0 Å². The molecule has 1 unspecified atom stereocenters. The number of hydrogen-bond acceptors (Lipinski definition) is 4. The predicted octanol–water partition coefficient (Wildman–Crippen LogP) is 4.47. The number of benzene rings is 2. The van der Waals surface area contributed by atoms with E-state index in [1.165, 1.54) is 18.9 Å². The lowest BCUT2D eigenvalue weighted by atomic mass is 10.0. The van der Waals surface area contributed by atoms with E-state index in [4.69, 9.17) is 23.2 Å². The molecule has 5 rings (SSSR count). The summed E-state index contributed by atoms with van der Waals surface area (Å²) in [6, 6.07) is 13.2. The molecule has 2 aromatic carbocycles. The van der Waals surface area contributed by atoms with Crippen molar-refractivity contribution in [3.63, 3.8) is 0 Å². The molecule has 1 aromatic heterocycles. The molecule has 188 valence electrons. The molecule has 0 spiro atoms. The van der Waals surface area contributed by atoms with Crippen molar-refractivity contribution >= 4 is 51.6 Å². The molecule has 2 heterocycles. The molecule has 36 heavy (non-hydrogen) atoms. The Morgan fingerprint density at radius 3 is 2.56 bits per heavy atom. The molecule has 2 aliphatic rings. The van der Waals surface area contributed by atoms with Crippen molar-refractivity contribution in [2.45, 2.75) is 31.7 Å². The predicted molar refractivity (Wildman–Crippen MR) is 143 cm³/mol. The molecule has 1 saturated heterocycles. The molecule has 9 heteroatoms. The van der Waals surface area contributed by atoms with Crippen LogP contribution in [0.5, 0.6) is 0 Å². The molecule has 2 fully saturated rings. The maximum absolute atomic E-state index is 13.8. The summed E-state index contributed by atoms with van der Waals surface area (Å²) in [5.41, 5.74) is 1.37. The Bertz CT molecular complexity index is 1350. The molecule has 0 bridgehead atoms. The van der Waals surface area contributed by atoms with Crippen molar-refractivity contribution in [3.05, 3.63) is 74.5 Å². The summed E-state index contributed by atoms with van der Waals surface area (Å²) in [4.78, 5) is 46.0. The summed E-state index contributed by atoms with van der Waals surface area (Å²) in [5.74, 6) is -0.0363. The number of hydrogen-bond donors (Lipinski definition) is 2. The Balaban J connectivity index is 1.44. The smallest absolute Gasteiger partial charge is 0.255 e. The van der Waals surface area contributed by atoms with Crippen LogP contribution in [0.4, 0.5) is 5.69 Å². The number of nitrogens with one attached hydrogen (secondary N) is 2. The second kappa shape index (κ2) is 10.5. The highest BCUT2D eigenvalue weighted by molar-refractivity contribution is 6.42. The number of amides is 2. The van der Waals surface area contributed by atoms with Crippen molar-refractivity contribution in [2.24, 2.45) is 5.92 Å². The Morgan fingerprint density at radius 2 is 1.78 bits per heavy atom. The fraction of sp³-hybridized carbons (Fsp3) is 0.370. The molecule has 1 saturated carbocycles. The molecular formula is C27H28Cl2N4O3. The summed E-state index contributed by atoms with van der Waals surface area (Å²) in [6.45, 7) is 1.75. The largest absolute Gasteiger partial charge is 0.367 e. The molecule has 7 nitrogen and oxygen atoms in total. The van der Waals surface area contributed by atoms with Gasteiger partial charge in [0.15, 0.2) is 0 Å². The lowest BCUT2D eigenvalue weighted by Gasteiger charge is -2.42. The van der Waals surface area contributed by atoms with Crippen molar-refractivity contribution in [1.29, 1.82) is 0 Å². The fourth-order valence-electron chi connectivity index (χ4n) is 5.28. The van der Waals surface area contributed by atoms with E-state index in [0.29, 0.717) is 58.6 Å². The Labute approximate surface area is 219 Å². The number of aromatic nitrogens is 1. The zero-order chi connectivity index (χ0) is 25.2. The van der Waals surface area contributed by atoms with Crippen LogP contribution in [-0.4, -0.2) is 53.9 Å². The molecule has 1 aliphatic carbocycles. The third kappa shape index (κ3) is 5.08. The zero-order valence-corrected chi connectivity index (χ0v) is 21.3. The van der Waals surface area contributed by atoms with Crippen LogP contribution in [-0.2, 0) is 4.79 Å². The molecule has 3 aromatic rings. The van der Waals surface area contributed by atoms with Crippen molar-refractivity contribution in [3.8, 4) is 0 Å². The number of carbonyl (C=O) groups is 2. The van der Waals surface area contributed by atoms with Crippen molar-refractivity contribution in [2.75, 3.05) is 31.1 Å². The van der Waals surface area contributed by atoms with E-state index in [2.05, 4.69) is 10.3 Å². The van der Waals surface area contributed by atoms with Crippen molar-refractivity contribution < 1.29 is 9.59 Å². The van der Waals surface area contributed by atoms with Gasteiger partial charge >= 0.3 is 0 Å². The number of aromatic amines is 1. The van der Waals surface area contributed by atoms with Gasteiger partial charge in [-0.2, -0.15) is 0 Å². The minimum absolute atomic E-state index is 0.186. The van der Waals surface area contributed by atoms with Gasteiger partial charge in [0.2, 0.25) is 11.5 Å². The second-order valence-corrected chi connectivity index (χ2v) is 10.4. The van der Waals surface area contributed by atoms with Gasteiger partial charge in [-0.15, -0.1) is 0 Å². The topological polar surface area (TPSA) is 85.5 Å². The first-order valence-corrected chi connectivity index (χ1v) is 13.1. The number of H-pyrrole nitrogens is 1. The number of nitrogens with zero attached hydrogens (tertiary/aromatic N) is 2. The van der Waals surface area contributed by atoms with E-state index in [1.54, 1.807) is 29.2 Å². The van der Waals surface area contributed by atoms with Crippen LogP contribution in [0.15, 0.2) is 53.3 Å². The summed E-state index contributed by atoms with van der Waals surface area (Å²) in [5, 5.41) is 4.64. The van der Waals surface area contributed by atoms with Gasteiger partial charge in [0.25, 0.3) is 5.91 Å². The highest BCUT2D eigenvalue weighted by atomic mass is 35.5. The van der Waals surface area contributed by atoms with Crippen LogP contribution >= 0.6 is 23.2 Å². The highest BCUT2D eigenvalue weighted by Gasteiger charge is 2.37. The lowest BCUT2D eigenvalue weighted by Crippen LogP contribution is -2.61. The third-order valence-corrected chi connectivity index (χ3v) is 7.97. The number of halogens is 2. The van der Waals surface area contributed by atoms with Crippen LogP contribution in [0, 0.1) is 5.92 Å². The molecular weight excluding hydrogens is 499 g/mol. The SMILES string of the molecule is O=C(NCC1CCCC1)C1CN(c2ccc(Cl)c(Cl)c2)CCN1C(=O)c1cc(=O)[nH]c2ccccc12. The minimum atomic E-state index is -0.722. The van der Waals surface area contributed by atoms with E-state index in [1.807, 2.05) is 23.1 Å². The van der Waals surface area contributed by atoms with Gasteiger partial charge in [-0.1, -0.05) is 54.2 Å². The second-order valence-electron chi connectivity index (χ2n) is 9.55. The lowest BCUT2D eigenvalue weighted by molar-refractivity contribution is -0.126. The van der Waals surface area contributed by atoms with E-state index < -0.39 is 6.04 Å². The first-order chi connectivity index (χ1) is 17.4. The fourth-order valence-corrected chi connectivity index (χ4v) is 5.57. The van der Waals surface area contributed by atoms with E-state index in [0.717, 1.165) is 18.5 Å². The average Bonchev–Trinajstić information content (AvgIpc) is 3.41. The number of fused-ring (bicyclic) bond motifs is 1. The summed E-state index contributed by atoms with van der Waals surface area (Å²) in [7, 11) is 0. The summed E-state index contributed by atoms with van der Waals surface area (Å²) < 4.78 is 0. The normalized spacial score (nSPS) is 18.6. The van der Waals surface area contributed by atoms with Gasteiger partial charge in [0.1, 0.15) is 6.04 Å². The highest BCUT2D eigenvalue weighted by Crippen LogP contribution is 2.29. The van der Waals surface area contributed by atoms with Gasteiger partial charge in [-0.05, 0) is 43.0 Å². The average molecular weight is 527 g/mol. The standard InChI is InChI=1S/C27H28Cl2N4O3/c28-21-10-9-18(13-22(21)29)32-11-12-33(24(16-32)26(35)30-15-17-5-1-2-6-17)27(36)20-14-25(34)31-23-8-4-3-7-19(20)23/h3-4,7-10,13-14,17,24H,1-2,5-6,11-12,15-16H2,(H,30,35)(H,31,34). The molecule has 0 radical (unpaired) electrons. The third-order valence-electron chi connectivity index (χ3n) is 7.23. The molecule has 1 aliphatic heterocycles. The summed E-state index contributed by atoms with van der Waals surface area (Å²) >= 11 is 12.3. The van der Waals surface area contributed by atoms with Gasteiger partial charge in [-0.25, -0.2) is 0 Å². The van der Waals surface area contributed by atoms with Gasteiger partial charge in [-0.3, -0.25) is 14.4 Å². The number of rotatable bonds is 5. The van der Waals surface area contributed by atoms with Crippen LogP contribution in [0.2, 0.25) is 10.0 Å². The van der Waals surface area contributed by atoms with Crippen LogP contribution in [0.25, 0.3) is 10.9 Å². The van der Waals surface area contributed by atoms with Gasteiger partial charge in [0.05, 0.1) is 15.6 Å². The quantitative estimate of drug-likeness (QED) is 0.513. The minimum Gasteiger partial charge on any atom is -0.367 e. The van der Waals surface area contributed by atoms with Crippen LogP contribution in [0.1, 0.15) is 36.0 Å². The number of piperazine rings is 1. The zero-order valence-electron chi connectivity index (χ0n) is 19.8. The molecule has 2 N–H and O–H groups in total. The Kier molecular flexibility index (Phi) is 7.21. The number of carbonyl (C=O) groups excluding carboxylic acids is 2. The first-order valence-electron chi connectivity index (χ1n) is 12.3. The van der Waals surface area contributed by atoms with E-state index >= 15 is 0 Å². The monoisotopic (exact) mass is 526 g/mol. The summed E-state index contributed by atoms with van der Waals surface area (Å²) in [6.07, 6.45) is 4.61. The van der Waals surface area contributed by atoms with Crippen LogP contribution < -0.4 is 15.8 Å². The number of anilines is 1.